The summed E-state index contributed by atoms with van der Waals surface area (Å²) in [6.45, 7) is 0.900. The lowest BCUT2D eigenvalue weighted by Gasteiger charge is -2.20. The van der Waals surface area contributed by atoms with Crippen molar-refractivity contribution in [3.63, 3.8) is 0 Å². The Morgan fingerprint density at radius 2 is 2.00 bits per heavy atom. The molecule has 116 valence electrons. The van der Waals surface area contributed by atoms with Crippen molar-refractivity contribution in [2.24, 2.45) is 7.05 Å². The van der Waals surface area contributed by atoms with E-state index in [0.29, 0.717) is 31.4 Å². The number of carbonyl (C=O) groups is 1. The van der Waals surface area contributed by atoms with Crippen LogP contribution in [-0.4, -0.2) is 38.2 Å². The Balaban J connectivity index is 1.83. The molecule has 0 N–H and O–H groups in total. The van der Waals surface area contributed by atoms with E-state index >= 15 is 0 Å². The molecule has 0 atom stereocenters. The van der Waals surface area contributed by atoms with Crippen LogP contribution in [0.3, 0.4) is 0 Å². The number of amides is 1. The molecule has 0 aliphatic carbocycles. The average Bonchev–Trinajstić information content (AvgIpc) is 2.64. The number of hydrogen-bond acceptors (Lipinski definition) is 3. The molecule has 0 unspecified atom stereocenters. The molecule has 22 heavy (non-hydrogen) atoms. The molecule has 0 saturated heterocycles. The fraction of sp³-hybridized carbons (Fsp3) is 0.357. The van der Waals surface area contributed by atoms with Crippen LogP contribution in [-0.2, 0) is 20.0 Å². The Bertz CT molecular complexity index is 797. The van der Waals surface area contributed by atoms with Gasteiger partial charge in [0.05, 0.1) is 5.56 Å². The molecule has 1 aliphatic heterocycles. The first kappa shape index (κ1) is 14.4. The normalized spacial score (nSPS) is 14.6. The van der Waals surface area contributed by atoms with Crippen molar-refractivity contribution >= 4 is 5.91 Å². The van der Waals surface area contributed by atoms with E-state index in [0.717, 1.165) is 12.1 Å². The number of halogens is 2. The van der Waals surface area contributed by atoms with Crippen molar-refractivity contribution in [2.75, 3.05) is 13.1 Å². The third-order valence-corrected chi connectivity index (χ3v) is 3.73. The zero-order chi connectivity index (χ0) is 15.9. The van der Waals surface area contributed by atoms with E-state index in [1.165, 1.54) is 14.1 Å². The average molecular weight is 308 g/mol. The second kappa shape index (κ2) is 5.36. The maximum absolute atomic E-state index is 13.7. The van der Waals surface area contributed by atoms with E-state index in [4.69, 9.17) is 0 Å². The third-order valence-electron chi connectivity index (χ3n) is 3.73. The highest BCUT2D eigenvalue weighted by molar-refractivity contribution is 5.94. The lowest BCUT2D eigenvalue weighted by Crippen LogP contribution is -2.35. The molecule has 0 spiro atoms. The van der Waals surface area contributed by atoms with Crippen molar-refractivity contribution in [2.45, 2.75) is 13.0 Å². The van der Waals surface area contributed by atoms with Crippen molar-refractivity contribution in [1.29, 1.82) is 0 Å². The number of aryl methyl sites for hydroxylation is 1. The van der Waals surface area contributed by atoms with Gasteiger partial charge in [0, 0.05) is 39.2 Å². The number of fused-ring (bicyclic) bond motifs is 1. The Kier molecular flexibility index (Phi) is 3.51. The van der Waals surface area contributed by atoms with Gasteiger partial charge in [-0.25, -0.2) is 18.3 Å². The topological polar surface area (TPSA) is 60.1 Å². The molecular weight excluding hydrogens is 294 g/mol. The van der Waals surface area contributed by atoms with Crippen LogP contribution in [0.25, 0.3) is 0 Å². The fourth-order valence-electron chi connectivity index (χ4n) is 2.57. The summed E-state index contributed by atoms with van der Waals surface area (Å²) in [6, 6.07) is 2.87. The summed E-state index contributed by atoms with van der Waals surface area (Å²) in [4.78, 5) is 25.7. The molecule has 1 aromatic carbocycles. The minimum absolute atomic E-state index is 0.172. The van der Waals surface area contributed by atoms with Crippen LogP contribution in [0.15, 0.2) is 23.0 Å². The number of hydrogen-bond donors (Lipinski definition) is 0. The van der Waals surface area contributed by atoms with Gasteiger partial charge in [0.2, 0.25) is 0 Å². The summed E-state index contributed by atoms with van der Waals surface area (Å²) in [5, 5.41) is 4.11. The number of benzene rings is 1. The number of rotatable bonds is 1. The maximum atomic E-state index is 13.7. The second-order valence-electron chi connectivity index (χ2n) is 5.14. The van der Waals surface area contributed by atoms with Crippen LogP contribution in [0.1, 0.15) is 16.2 Å². The smallest absolute Gasteiger partial charge is 0.336 e. The van der Waals surface area contributed by atoms with E-state index in [1.54, 1.807) is 7.05 Å². The van der Waals surface area contributed by atoms with Crippen LogP contribution >= 0.6 is 0 Å². The predicted molar refractivity (Wildman–Crippen MR) is 73.4 cm³/mol. The van der Waals surface area contributed by atoms with E-state index in [9.17, 15) is 18.4 Å². The molecule has 8 heteroatoms. The van der Waals surface area contributed by atoms with Crippen molar-refractivity contribution < 1.29 is 13.6 Å². The largest absolute Gasteiger partial charge is 0.345 e. The standard InChI is InChI=1S/C14H14F2N4O2/c1-18-14(22)20-7-6-19(5-4-12(20)17-18)13(21)10-3-2-9(15)8-11(10)16/h2-3,8H,4-7H2,1H3. The van der Waals surface area contributed by atoms with Crippen molar-refractivity contribution in [3.05, 3.63) is 51.7 Å². The van der Waals surface area contributed by atoms with Crippen LogP contribution in [0.4, 0.5) is 8.78 Å². The minimum atomic E-state index is -0.886. The lowest BCUT2D eigenvalue weighted by atomic mass is 10.1. The fourth-order valence-corrected chi connectivity index (χ4v) is 2.57. The predicted octanol–water partition coefficient (Wildman–Crippen LogP) is 0.559. The van der Waals surface area contributed by atoms with E-state index in [-0.39, 0.29) is 17.8 Å². The van der Waals surface area contributed by atoms with Gasteiger partial charge in [0.15, 0.2) is 0 Å². The molecule has 6 nitrogen and oxygen atoms in total. The Morgan fingerprint density at radius 1 is 1.23 bits per heavy atom. The molecule has 0 saturated carbocycles. The summed E-state index contributed by atoms with van der Waals surface area (Å²) >= 11 is 0. The molecule has 2 heterocycles. The lowest BCUT2D eigenvalue weighted by molar-refractivity contribution is 0.0753. The van der Waals surface area contributed by atoms with Gasteiger partial charge >= 0.3 is 5.69 Å². The van der Waals surface area contributed by atoms with Crippen LogP contribution in [0.2, 0.25) is 0 Å². The summed E-state index contributed by atoms with van der Waals surface area (Å²) < 4.78 is 29.4. The number of carbonyl (C=O) groups excluding carboxylic acids is 1. The minimum Gasteiger partial charge on any atom is -0.336 e. The summed E-state index contributed by atoms with van der Waals surface area (Å²) in [6.07, 6.45) is 0.407. The van der Waals surface area contributed by atoms with Gasteiger partial charge in [-0.05, 0) is 12.1 Å². The Morgan fingerprint density at radius 3 is 2.73 bits per heavy atom. The van der Waals surface area contributed by atoms with Crippen LogP contribution in [0, 0.1) is 11.6 Å². The van der Waals surface area contributed by atoms with E-state index < -0.39 is 17.5 Å². The van der Waals surface area contributed by atoms with E-state index in [2.05, 4.69) is 5.10 Å². The van der Waals surface area contributed by atoms with Gasteiger partial charge in [0.25, 0.3) is 5.91 Å². The summed E-state index contributed by atoms with van der Waals surface area (Å²) in [5.74, 6) is -1.53. The SMILES string of the molecule is Cn1nc2n(c1=O)CCN(C(=O)c1ccc(F)cc1F)CC2. The summed E-state index contributed by atoms with van der Waals surface area (Å²) in [7, 11) is 1.57. The molecular formula is C14H14F2N4O2. The number of nitrogens with zero attached hydrogens (tertiary/aromatic N) is 4. The zero-order valence-electron chi connectivity index (χ0n) is 11.9. The van der Waals surface area contributed by atoms with Gasteiger partial charge < -0.3 is 4.90 Å². The second-order valence-corrected chi connectivity index (χ2v) is 5.14. The first-order chi connectivity index (χ1) is 10.5. The molecule has 1 aromatic heterocycles. The van der Waals surface area contributed by atoms with Gasteiger partial charge in [-0.2, -0.15) is 5.10 Å². The van der Waals surface area contributed by atoms with Crippen molar-refractivity contribution in [1.82, 2.24) is 19.2 Å². The highest BCUT2D eigenvalue weighted by Crippen LogP contribution is 2.14. The Labute approximate surface area is 124 Å². The Hall–Kier alpha value is -2.51. The first-order valence-electron chi connectivity index (χ1n) is 6.84. The van der Waals surface area contributed by atoms with Gasteiger partial charge in [0.1, 0.15) is 17.5 Å². The van der Waals surface area contributed by atoms with E-state index in [1.807, 2.05) is 0 Å². The van der Waals surface area contributed by atoms with Crippen LogP contribution in [0.5, 0.6) is 0 Å². The molecule has 0 radical (unpaired) electrons. The quantitative estimate of drug-likeness (QED) is 0.773. The third kappa shape index (κ3) is 2.40. The molecule has 1 aliphatic rings. The molecule has 0 fully saturated rings. The molecule has 1 amide bonds. The zero-order valence-corrected chi connectivity index (χ0v) is 11.9. The van der Waals surface area contributed by atoms with Crippen molar-refractivity contribution in [3.8, 4) is 0 Å². The van der Waals surface area contributed by atoms with Crippen LogP contribution < -0.4 is 5.69 Å². The molecule has 3 rings (SSSR count). The number of aromatic nitrogens is 3. The van der Waals surface area contributed by atoms with Gasteiger partial charge in [-0.15, -0.1) is 0 Å². The first-order valence-corrected chi connectivity index (χ1v) is 6.84. The molecule has 0 bridgehead atoms. The monoisotopic (exact) mass is 308 g/mol. The highest BCUT2D eigenvalue weighted by atomic mass is 19.1. The van der Waals surface area contributed by atoms with Gasteiger partial charge in [-0.3, -0.25) is 9.36 Å². The highest BCUT2D eigenvalue weighted by Gasteiger charge is 2.24. The van der Waals surface area contributed by atoms with Gasteiger partial charge in [-0.1, -0.05) is 0 Å². The summed E-state index contributed by atoms with van der Waals surface area (Å²) in [5.41, 5.74) is -0.411. The maximum Gasteiger partial charge on any atom is 0.345 e. The molecule has 2 aromatic rings.